The van der Waals surface area contributed by atoms with Crippen LogP contribution in [0.25, 0.3) is 22.3 Å². The molecule has 0 aliphatic carbocycles. The zero-order valence-corrected chi connectivity index (χ0v) is 20.2. The summed E-state index contributed by atoms with van der Waals surface area (Å²) in [6.07, 6.45) is 3.19. The van der Waals surface area contributed by atoms with Gasteiger partial charge in [-0.3, -0.25) is 9.78 Å². The molecule has 0 bridgehead atoms. The summed E-state index contributed by atoms with van der Waals surface area (Å²) < 4.78 is 14.4. The molecule has 1 N–H and O–H groups in total. The molecule has 34 heavy (non-hydrogen) atoms. The van der Waals surface area contributed by atoms with Gasteiger partial charge in [-0.1, -0.05) is 71.8 Å². The van der Waals surface area contributed by atoms with Gasteiger partial charge in [0.05, 0.1) is 5.56 Å². The third-order valence-corrected chi connectivity index (χ3v) is 6.11. The number of halogens is 2. The lowest BCUT2D eigenvalue weighted by Gasteiger charge is -2.16. The van der Waals surface area contributed by atoms with E-state index in [0.717, 1.165) is 27.8 Å². The Hall–Kier alpha value is -3.50. The van der Waals surface area contributed by atoms with Gasteiger partial charge in [0.1, 0.15) is 5.67 Å². The molecule has 0 atom stereocenters. The van der Waals surface area contributed by atoms with Crippen LogP contribution in [0.2, 0.25) is 5.02 Å². The Morgan fingerprint density at radius 2 is 1.62 bits per heavy atom. The van der Waals surface area contributed by atoms with Crippen LogP contribution in [0.1, 0.15) is 40.9 Å². The molecule has 0 unspecified atom stereocenters. The Labute approximate surface area is 204 Å². The number of carbonyl (C=O) groups is 1. The zero-order chi connectivity index (χ0) is 24.3. The SMILES string of the molecule is Cc1ccc(-c2ccc(CNC(=O)c3cncc(-c4cccc(C(C)(C)F)c4)c3)c(Cl)c2)cc1. The van der Waals surface area contributed by atoms with Crippen molar-refractivity contribution in [2.45, 2.75) is 33.0 Å². The van der Waals surface area contributed by atoms with E-state index in [0.29, 0.717) is 22.7 Å². The number of benzene rings is 3. The maximum Gasteiger partial charge on any atom is 0.253 e. The Kier molecular flexibility index (Phi) is 6.80. The van der Waals surface area contributed by atoms with E-state index < -0.39 is 5.67 Å². The summed E-state index contributed by atoms with van der Waals surface area (Å²) in [4.78, 5) is 17.0. The lowest BCUT2D eigenvalue weighted by Crippen LogP contribution is -2.23. The summed E-state index contributed by atoms with van der Waals surface area (Å²) in [6.45, 7) is 5.39. The predicted molar refractivity (Wildman–Crippen MR) is 137 cm³/mol. The summed E-state index contributed by atoms with van der Waals surface area (Å²) >= 11 is 6.50. The van der Waals surface area contributed by atoms with Gasteiger partial charge >= 0.3 is 0 Å². The molecular weight excluding hydrogens is 447 g/mol. The lowest BCUT2D eigenvalue weighted by molar-refractivity contribution is 0.0950. The summed E-state index contributed by atoms with van der Waals surface area (Å²) in [6, 6.07) is 23.1. The van der Waals surface area contributed by atoms with Gasteiger partial charge in [-0.15, -0.1) is 0 Å². The Morgan fingerprint density at radius 1 is 0.912 bits per heavy atom. The number of carbonyl (C=O) groups excluding carboxylic acids is 1. The molecule has 5 heteroatoms. The van der Waals surface area contributed by atoms with Crippen LogP contribution in [-0.2, 0) is 12.2 Å². The van der Waals surface area contributed by atoms with Crippen LogP contribution in [0.5, 0.6) is 0 Å². The van der Waals surface area contributed by atoms with Gasteiger partial charge in [-0.25, -0.2) is 4.39 Å². The maximum absolute atomic E-state index is 14.4. The lowest BCUT2D eigenvalue weighted by atomic mass is 9.95. The Balaban J connectivity index is 1.47. The monoisotopic (exact) mass is 472 g/mol. The molecule has 3 nitrogen and oxygen atoms in total. The molecule has 1 aromatic heterocycles. The van der Waals surface area contributed by atoms with Crippen molar-refractivity contribution in [2.24, 2.45) is 0 Å². The van der Waals surface area contributed by atoms with Gasteiger partial charge in [-0.05, 0) is 66.8 Å². The summed E-state index contributed by atoms with van der Waals surface area (Å²) in [5.41, 5.74) is 5.24. The van der Waals surface area contributed by atoms with E-state index in [1.54, 1.807) is 30.5 Å². The average molecular weight is 473 g/mol. The number of rotatable bonds is 6. The number of alkyl halides is 1. The summed E-state index contributed by atoms with van der Waals surface area (Å²) in [7, 11) is 0. The fourth-order valence-corrected chi connectivity index (χ4v) is 3.93. The van der Waals surface area contributed by atoms with E-state index in [-0.39, 0.29) is 5.91 Å². The van der Waals surface area contributed by atoms with E-state index in [9.17, 15) is 9.18 Å². The molecule has 0 aliphatic rings. The first-order chi connectivity index (χ1) is 16.2. The highest BCUT2D eigenvalue weighted by Gasteiger charge is 2.19. The largest absolute Gasteiger partial charge is 0.348 e. The van der Waals surface area contributed by atoms with Crippen molar-refractivity contribution in [3.63, 3.8) is 0 Å². The van der Waals surface area contributed by atoms with Crippen molar-refractivity contribution in [1.29, 1.82) is 0 Å². The van der Waals surface area contributed by atoms with Gasteiger partial charge in [-0.2, -0.15) is 0 Å². The van der Waals surface area contributed by atoms with Crippen LogP contribution in [0.15, 0.2) is 85.2 Å². The maximum atomic E-state index is 14.4. The second kappa shape index (κ2) is 9.78. The van der Waals surface area contributed by atoms with Crippen LogP contribution in [0, 0.1) is 6.92 Å². The number of nitrogens with zero attached hydrogens (tertiary/aromatic N) is 1. The van der Waals surface area contributed by atoms with Crippen molar-refractivity contribution in [3.8, 4) is 22.3 Å². The normalized spacial score (nSPS) is 11.3. The molecule has 0 radical (unpaired) electrons. The molecular formula is C29H26ClFN2O. The third kappa shape index (κ3) is 5.52. The minimum absolute atomic E-state index is 0.255. The van der Waals surface area contributed by atoms with Gasteiger partial charge in [0, 0.05) is 29.5 Å². The highest BCUT2D eigenvalue weighted by molar-refractivity contribution is 6.31. The van der Waals surface area contributed by atoms with Crippen molar-refractivity contribution in [1.82, 2.24) is 10.3 Å². The highest BCUT2D eigenvalue weighted by atomic mass is 35.5. The van der Waals surface area contributed by atoms with Crippen molar-refractivity contribution >= 4 is 17.5 Å². The standard InChI is InChI=1S/C29H26ClFN2O/c1-19-7-9-20(10-8-19)22-11-12-23(27(30)15-22)18-33-28(34)25-13-24(16-32-17-25)21-5-4-6-26(14-21)29(2,3)31/h4-17H,18H2,1-3H3,(H,33,34). The van der Waals surface area contributed by atoms with Crippen molar-refractivity contribution < 1.29 is 9.18 Å². The highest BCUT2D eigenvalue weighted by Crippen LogP contribution is 2.29. The average Bonchev–Trinajstić information content (AvgIpc) is 2.83. The number of amides is 1. The number of aromatic nitrogens is 1. The molecule has 1 amide bonds. The van der Waals surface area contributed by atoms with Gasteiger partial charge in [0.15, 0.2) is 0 Å². The van der Waals surface area contributed by atoms with Gasteiger partial charge in [0.2, 0.25) is 0 Å². The minimum atomic E-state index is -1.45. The summed E-state index contributed by atoms with van der Waals surface area (Å²) in [5.74, 6) is -0.255. The number of hydrogen-bond acceptors (Lipinski definition) is 2. The van der Waals surface area contributed by atoms with Crippen molar-refractivity contribution in [2.75, 3.05) is 0 Å². The second-order valence-electron chi connectivity index (χ2n) is 8.87. The van der Waals surface area contributed by atoms with Crippen LogP contribution < -0.4 is 5.32 Å². The van der Waals surface area contributed by atoms with Crippen LogP contribution in [0.4, 0.5) is 4.39 Å². The van der Waals surface area contributed by atoms with Gasteiger partial charge < -0.3 is 5.32 Å². The summed E-state index contributed by atoms with van der Waals surface area (Å²) in [5, 5.41) is 3.51. The smallest absolute Gasteiger partial charge is 0.253 e. The molecule has 4 rings (SSSR count). The number of pyridine rings is 1. The van der Waals surface area contributed by atoms with E-state index >= 15 is 0 Å². The predicted octanol–water partition coefficient (Wildman–Crippen LogP) is 7.51. The molecule has 4 aromatic rings. The van der Waals surface area contributed by atoms with E-state index in [4.69, 9.17) is 11.6 Å². The van der Waals surface area contributed by atoms with E-state index in [1.165, 1.54) is 25.6 Å². The first-order valence-corrected chi connectivity index (χ1v) is 11.5. The zero-order valence-electron chi connectivity index (χ0n) is 19.4. The number of nitrogens with one attached hydrogen (secondary N) is 1. The molecule has 1 heterocycles. The fourth-order valence-electron chi connectivity index (χ4n) is 3.68. The van der Waals surface area contributed by atoms with Gasteiger partial charge in [0.25, 0.3) is 5.91 Å². The number of aryl methyl sites for hydroxylation is 1. The fraction of sp³-hybridized carbons (Fsp3) is 0.172. The molecule has 0 spiro atoms. The minimum Gasteiger partial charge on any atom is -0.348 e. The topological polar surface area (TPSA) is 42.0 Å². The Morgan fingerprint density at radius 3 is 2.32 bits per heavy atom. The van der Waals surface area contributed by atoms with E-state index in [1.807, 2.05) is 24.3 Å². The van der Waals surface area contributed by atoms with Crippen LogP contribution >= 0.6 is 11.6 Å². The molecule has 0 saturated heterocycles. The molecule has 3 aromatic carbocycles. The third-order valence-electron chi connectivity index (χ3n) is 5.76. The molecule has 0 aliphatic heterocycles. The molecule has 0 fully saturated rings. The van der Waals surface area contributed by atoms with E-state index in [2.05, 4.69) is 41.5 Å². The quantitative estimate of drug-likeness (QED) is 0.315. The molecule has 172 valence electrons. The first-order valence-electron chi connectivity index (χ1n) is 11.1. The van der Waals surface area contributed by atoms with Crippen LogP contribution in [-0.4, -0.2) is 10.9 Å². The molecule has 0 saturated carbocycles. The second-order valence-corrected chi connectivity index (χ2v) is 9.28. The van der Waals surface area contributed by atoms with Crippen LogP contribution in [0.3, 0.4) is 0 Å². The van der Waals surface area contributed by atoms with Crippen molar-refractivity contribution in [3.05, 3.63) is 112 Å². The Bertz CT molecular complexity index is 1330. The first kappa shape index (κ1) is 23.7. The number of hydrogen-bond donors (Lipinski definition) is 1.